The molecule has 1 aliphatic carbocycles. The van der Waals surface area contributed by atoms with Crippen molar-refractivity contribution in [2.24, 2.45) is 17.8 Å². The largest absolute Gasteiger partial charge is 0.481 e. The van der Waals surface area contributed by atoms with Crippen LogP contribution in [0.4, 0.5) is 24.9 Å². The molecular weight excluding hydrogens is 365 g/mol. The summed E-state index contributed by atoms with van der Waals surface area (Å²) in [5.74, 6) is -0.124. The molecule has 7 nitrogen and oxygen atoms in total. The maximum atomic E-state index is 13.5. The molecule has 0 amide bonds. The minimum Gasteiger partial charge on any atom is -0.481 e. The SMILES string of the molecule is Cc1c(N2C[C@@H]3[C@H](CC(=O)O)[C@@H]3C2)nc(N2C[C@@H](O)[C@@H]2C)nc1C(F)(F)F. The van der Waals surface area contributed by atoms with Gasteiger partial charge in [0.05, 0.1) is 12.1 Å². The molecule has 2 N–H and O–H groups in total. The van der Waals surface area contributed by atoms with E-state index in [9.17, 15) is 23.1 Å². The third-order valence-electron chi connectivity index (χ3n) is 6.15. The zero-order valence-corrected chi connectivity index (χ0v) is 14.9. The van der Waals surface area contributed by atoms with E-state index in [4.69, 9.17) is 5.11 Å². The highest BCUT2D eigenvalue weighted by molar-refractivity contribution is 5.68. The highest BCUT2D eigenvalue weighted by Crippen LogP contribution is 2.54. The van der Waals surface area contributed by atoms with Gasteiger partial charge in [0, 0.05) is 31.6 Å². The number of aromatic nitrogens is 2. The van der Waals surface area contributed by atoms with Gasteiger partial charge in [-0.2, -0.15) is 18.2 Å². The Bertz CT molecular complexity index is 775. The number of β-amino-alcohol motifs (C(OH)–C–C–N with tert-alkyl or cyclic N) is 1. The smallest absolute Gasteiger partial charge is 0.433 e. The second-order valence-corrected chi connectivity index (χ2v) is 7.77. The quantitative estimate of drug-likeness (QED) is 0.811. The van der Waals surface area contributed by atoms with Gasteiger partial charge in [0.15, 0.2) is 5.69 Å². The van der Waals surface area contributed by atoms with Crippen LogP contribution in [0.25, 0.3) is 0 Å². The normalized spacial score (nSPS) is 32.3. The number of carboxylic acids is 1. The number of aliphatic hydroxyl groups is 1. The second-order valence-electron chi connectivity index (χ2n) is 7.77. The molecule has 0 bridgehead atoms. The zero-order chi connectivity index (χ0) is 19.7. The molecule has 0 unspecified atom stereocenters. The fourth-order valence-corrected chi connectivity index (χ4v) is 4.39. The van der Waals surface area contributed by atoms with Crippen molar-refractivity contribution in [3.8, 4) is 0 Å². The second kappa shape index (κ2) is 5.95. The predicted molar refractivity (Wildman–Crippen MR) is 89.5 cm³/mol. The number of hydrogen-bond donors (Lipinski definition) is 2. The van der Waals surface area contributed by atoms with Crippen molar-refractivity contribution in [3.63, 3.8) is 0 Å². The number of halogens is 3. The van der Waals surface area contributed by atoms with Crippen LogP contribution < -0.4 is 9.80 Å². The summed E-state index contributed by atoms with van der Waals surface area (Å²) in [6.45, 7) is 4.30. The van der Waals surface area contributed by atoms with Crippen LogP contribution in [0.15, 0.2) is 0 Å². The summed E-state index contributed by atoms with van der Waals surface area (Å²) in [4.78, 5) is 22.4. The highest BCUT2D eigenvalue weighted by atomic mass is 19.4. The maximum absolute atomic E-state index is 13.5. The Morgan fingerprint density at radius 2 is 1.85 bits per heavy atom. The Morgan fingerprint density at radius 3 is 2.33 bits per heavy atom. The molecule has 2 saturated heterocycles. The lowest BCUT2D eigenvalue weighted by atomic mass is 10.0. The number of alkyl halides is 3. The summed E-state index contributed by atoms with van der Waals surface area (Å²) in [6.07, 6.45) is -5.10. The van der Waals surface area contributed by atoms with E-state index in [1.807, 2.05) is 4.90 Å². The first-order valence-corrected chi connectivity index (χ1v) is 8.95. The molecule has 2 aliphatic heterocycles. The molecule has 3 heterocycles. The molecule has 148 valence electrons. The van der Waals surface area contributed by atoms with Crippen molar-refractivity contribution in [2.75, 3.05) is 29.4 Å². The van der Waals surface area contributed by atoms with E-state index in [2.05, 4.69) is 9.97 Å². The first-order chi connectivity index (χ1) is 12.6. The molecule has 3 fully saturated rings. The minimum atomic E-state index is -4.60. The Labute approximate surface area is 153 Å². The summed E-state index contributed by atoms with van der Waals surface area (Å²) < 4.78 is 40.5. The molecule has 3 aliphatic rings. The van der Waals surface area contributed by atoms with Gasteiger partial charge in [-0.3, -0.25) is 4.79 Å². The fraction of sp³-hybridized carbons (Fsp3) is 0.706. The molecule has 4 rings (SSSR count). The fourth-order valence-electron chi connectivity index (χ4n) is 4.39. The van der Waals surface area contributed by atoms with Gasteiger partial charge in [0.1, 0.15) is 5.82 Å². The monoisotopic (exact) mass is 386 g/mol. The zero-order valence-electron chi connectivity index (χ0n) is 14.9. The molecule has 27 heavy (non-hydrogen) atoms. The van der Waals surface area contributed by atoms with Gasteiger partial charge in [0.2, 0.25) is 5.95 Å². The summed E-state index contributed by atoms with van der Waals surface area (Å²) in [7, 11) is 0. The summed E-state index contributed by atoms with van der Waals surface area (Å²) >= 11 is 0. The molecule has 0 spiro atoms. The molecule has 0 radical (unpaired) electrons. The number of anilines is 2. The number of hydrogen-bond acceptors (Lipinski definition) is 6. The number of aliphatic hydroxyl groups excluding tert-OH is 1. The lowest BCUT2D eigenvalue weighted by Gasteiger charge is -2.43. The molecule has 10 heteroatoms. The van der Waals surface area contributed by atoms with Crippen molar-refractivity contribution in [2.45, 2.75) is 38.6 Å². The molecule has 1 aromatic heterocycles. The van der Waals surface area contributed by atoms with E-state index in [1.54, 1.807) is 11.8 Å². The van der Waals surface area contributed by atoms with E-state index in [-0.39, 0.29) is 54.1 Å². The molecule has 5 atom stereocenters. The number of piperidine rings is 1. The lowest BCUT2D eigenvalue weighted by Crippen LogP contribution is -2.59. The van der Waals surface area contributed by atoms with E-state index in [0.717, 1.165) is 0 Å². The number of nitrogens with zero attached hydrogens (tertiary/aromatic N) is 4. The Hall–Kier alpha value is -2.10. The number of aliphatic carboxylic acids is 1. The van der Waals surface area contributed by atoms with Gasteiger partial charge in [-0.25, -0.2) is 4.98 Å². The van der Waals surface area contributed by atoms with E-state index in [0.29, 0.717) is 13.1 Å². The number of carboxylic acid groups (broad SMARTS) is 1. The van der Waals surface area contributed by atoms with Gasteiger partial charge in [-0.1, -0.05) is 0 Å². The molecular formula is C17H21F3N4O3. The summed E-state index contributed by atoms with van der Waals surface area (Å²) in [6, 6.07) is -0.339. The van der Waals surface area contributed by atoms with Gasteiger partial charge in [-0.05, 0) is 31.6 Å². The van der Waals surface area contributed by atoms with Crippen molar-refractivity contribution < 1.29 is 28.2 Å². The summed E-state index contributed by atoms with van der Waals surface area (Å²) in [5.41, 5.74) is -0.977. The van der Waals surface area contributed by atoms with Crippen LogP contribution >= 0.6 is 0 Å². The average molecular weight is 386 g/mol. The van der Waals surface area contributed by atoms with Crippen LogP contribution in [0.2, 0.25) is 0 Å². The van der Waals surface area contributed by atoms with Gasteiger partial charge in [0.25, 0.3) is 0 Å². The summed E-state index contributed by atoms with van der Waals surface area (Å²) in [5, 5.41) is 18.6. The van der Waals surface area contributed by atoms with Crippen molar-refractivity contribution >= 4 is 17.7 Å². The number of carbonyl (C=O) groups is 1. The number of fused-ring (bicyclic) bond motifs is 1. The van der Waals surface area contributed by atoms with Gasteiger partial charge < -0.3 is 20.0 Å². The average Bonchev–Trinajstić information content (AvgIpc) is 3.02. The van der Waals surface area contributed by atoms with Gasteiger partial charge >= 0.3 is 12.1 Å². The van der Waals surface area contributed by atoms with E-state index < -0.39 is 23.9 Å². The first-order valence-electron chi connectivity index (χ1n) is 8.95. The third kappa shape index (κ3) is 2.99. The lowest BCUT2D eigenvalue weighted by molar-refractivity contribution is -0.141. The minimum absolute atomic E-state index is 0.0175. The van der Waals surface area contributed by atoms with Crippen molar-refractivity contribution in [1.29, 1.82) is 0 Å². The van der Waals surface area contributed by atoms with Crippen LogP contribution in [-0.4, -0.2) is 57.9 Å². The van der Waals surface area contributed by atoms with Crippen LogP contribution in [0.5, 0.6) is 0 Å². The topological polar surface area (TPSA) is 89.8 Å². The van der Waals surface area contributed by atoms with E-state index in [1.165, 1.54) is 6.92 Å². The Kier molecular flexibility index (Phi) is 4.03. The predicted octanol–water partition coefficient (Wildman–Crippen LogP) is 1.53. The molecule has 1 aromatic rings. The Morgan fingerprint density at radius 1 is 1.22 bits per heavy atom. The first kappa shape index (κ1) is 18.3. The van der Waals surface area contributed by atoms with Crippen molar-refractivity contribution in [3.05, 3.63) is 11.3 Å². The maximum Gasteiger partial charge on any atom is 0.433 e. The van der Waals surface area contributed by atoms with Crippen LogP contribution in [0.3, 0.4) is 0 Å². The van der Waals surface area contributed by atoms with Gasteiger partial charge in [-0.15, -0.1) is 0 Å². The third-order valence-corrected chi connectivity index (χ3v) is 6.15. The number of rotatable bonds is 4. The van der Waals surface area contributed by atoms with Crippen molar-refractivity contribution in [1.82, 2.24) is 9.97 Å². The van der Waals surface area contributed by atoms with Crippen LogP contribution in [0.1, 0.15) is 24.6 Å². The molecule has 1 saturated carbocycles. The standard InChI is InChI=1S/C17H21F3N4O3/c1-7-14(17(18,19)20)21-16(24-6-12(25)8(24)2)22-15(7)23-4-10-9(3-13(26)27)11(10)5-23/h8-12,25H,3-6H2,1-2H3,(H,26,27)/t8-,9-,10+,11-,12+/m0/s1. The van der Waals surface area contributed by atoms with Crippen LogP contribution in [-0.2, 0) is 11.0 Å². The molecule has 0 aromatic carbocycles. The highest BCUT2D eigenvalue weighted by Gasteiger charge is 2.56. The van der Waals surface area contributed by atoms with Crippen LogP contribution in [0, 0.1) is 24.7 Å². The van der Waals surface area contributed by atoms with E-state index >= 15 is 0 Å². The Balaban J connectivity index is 1.62.